The summed E-state index contributed by atoms with van der Waals surface area (Å²) in [7, 11) is 1.54. The molecule has 0 bridgehead atoms. The van der Waals surface area contributed by atoms with Crippen molar-refractivity contribution >= 4 is 23.6 Å². The largest absolute Gasteiger partial charge is 0.497 e. The number of carbonyl (C=O) groups is 2. The Labute approximate surface area is 156 Å². The van der Waals surface area contributed by atoms with Gasteiger partial charge in [0.1, 0.15) is 23.1 Å². The molecule has 0 aliphatic rings. The number of hydrogen-bond acceptors (Lipinski definition) is 5. The Morgan fingerprint density at radius 1 is 1.19 bits per heavy atom. The Morgan fingerprint density at radius 2 is 1.89 bits per heavy atom. The number of rotatable bonds is 7. The van der Waals surface area contributed by atoms with Crippen LogP contribution in [-0.4, -0.2) is 30.2 Å². The third kappa shape index (κ3) is 5.61. The van der Waals surface area contributed by atoms with Crippen molar-refractivity contribution in [2.75, 3.05) is 12.4 Å². The molecule has 7 heteroatoms. The molecule has 27 heavy (non-hydrogen) atoms. The number of nitrogens with one attached hydrogen (secondary N) is 1. The number of ether oxygens (including phenoxy) is 2. The number of carboxylic acids is 1. The molecular weight excluding hydrogens is 348 g/mol. The number of carbonyl (C=O) groups excluding carboxylic acids is 1. The van der Waals surface area contributed by atoms with Gasteiger partial charge in [0, 0.05) is 5.69 Å². The minimum Gasteiger partial charge on any atom is -0.497 e. The zero-order chi connectivity index (χ0) is 19.8. The zero-order valence-corrected chi connectivity index (χ0v) is 14.8. The quantitative estimate of drug-likeness (QED) is 0.576. The first-order valence-electron chi connectivity index (χ1n) is 7.99. The summed E-state index contributed by atoms with van der Waals surface area (Å²) >= 11 is 0. The van der Waals surface area contributed by atoms with Crippen LogP contribution in [0.15, 0.2) is 54.1 Å². The first kappa shape index (κ1) is 19.5. The minimum absolute atomic E-state index is 0.103. The average Bonchev–Trinajstić information content (AvgIpc) is 2.66. The van der Waals surface area contributed by atoms with Crippen LogP contribution in [0.3, 0.4) is 0 Å². The summed E-state index contributed by atoms with van der Waals surface area (Å²) in [5.41, 5.74) is 0.954. The third-order valence-electron chi connectivity index (χ3n) is 3.54. The number of nitrogens with zero attached hydrogens (tertiary/aromatic N) is 1. The van der Waals surface area contributed by atoms with Crippen molar-refractivity contribution in [2.24, 2.45) is 0 Å². The van der Waals surface area contributed by atoms with Crippen LogP contribution in [0.4, 0.5) is 5.69 Å². The number of hydrogen-bond donors (Lipinski definition) is 2. The lowest BCUT2D eigenvalue weighted by molar-refractivity contribution is -0.144. The highest BCUT2D eigenvalue weighted by molar-refractivity contribution is 6.09. The van der Waals surface area contributed by atoms with Crippen LogP contribution in [0.25, 0.3) is 6.08 Å². The summed E-state index contributed by atoms with van der Waals surface area (Å²) in [4.78, 5) is 23.2. The van der Waals surface area contributed by atoms with E-state index in [0.29, 0.717) is 22.7 Å². The Hall–Kier alpha value is -3.79. The molecule has 2 aromatic rings. The topological polar surface area (TPSA) is 109 Å². The summed E-state index contributed by atoms with van der Waals surface area (Å²) < 4.78 is 10.3. The molecule has 1 amide bonds. The monoisotopic (exact) mass is 366 g/mol. The van der Waals surface area contributed by atoms with Crippen molar-refractivity contribution in [1.29, 1.82) is 5.26 Å². The van der Waals surface area contributed by atoms with Crippen molar-refractivity contribution in [3.63, 3.8) is 0 Å². The SMILES string of the molecule is COc1ccc(NC(=O)/C(C#N)=C\c2cccc(OC(C)C(=O)O)c2)cc1. The summed E-state index contributed by atoms with van der Waals surface area (Å²) in [6, 6.07) is 15.0. The number of anilines is 1. The molecule has 0 saturated heterocycles. The van der Waals surface area contributed by atoms with Crippen LogP contribution in [0.1, 0.15) is 12.5 Å². The second-order valence-electron chi connectivity index (χ2n) is 5.52. The zero-order valence-electron chi connectivity index (χ0n) is 14.8. The van der Waals surface area contributed by atoms with Gasteiger partial charge in [-0.3, -0.25) is 4.79 Å². The molecule has 0 fully saturated rings. The molecular formula is C20H18N2O5. The molecule has 1 atom stereocenters. The fraction of sp³-hybridized carbons (Fsp3) is 0.150. The highest BCUT2D eigenvalue weighted by Gasteiger charge is 2.13. The lowest BCUT2D eigenvalue weighted by atomic mass is 10.1. The second kappa shape index (κ2) is 9.06. The lowest BCUT2D eigenvalue weighted by Crippen LogP contribution is -2.22. The molecule has 1 unspecified atom stereocenters. The van der Waals surface area contributed by atoms with E-state index in [9.17, 15) is 14.9 Å². The molecule has 0 aliphatic carbocycles. The van der Waals surface area contributed by atoms with E-state index >= 15 is 0 Å². The van der Waals surface area contributed by atoms with Gasteiger partial charge >= 0.3 is 5.97 Å². The van der Waals surface area contributed by atoms with Crippen LogP contribution in [0.2, 0.25) is 0 Å². The third-order valence-corrected chi connectivity index (χ3v) is 3.54. The molecule has 0 saturated carbocycles. The maximum absolute atomic E-state index is 12.3. The van der Waals surface area contributed by atoms with Gasteiger partial charge in [-0.15, -0.1) is 0 Å². The van der Waals surface area contributed by atoms with Gasteiger partial charge in [0.25, 0.3) is 5.91 Å². The van der Waals surface area contributed by atoms with Crippen LogP contribution in [0.5, 0.6) is 11.5 Å². The molecule has 2 N–H and O–H groups in total. The highest BCUT2D eigenvalue weighted by Crippen LogP contribution is 2.19. The summed E-state index contributed by atoms with van der Waals surface area (Å²) in [5, 5.41) is 20.8. The number of amides is 1. The van der Waals surface area contributed by atoms with Crippen LogP contribution in [-0.2, 0) is 9.59 Å². The van der Waals surface area contributed by atoms with E-state index in [1.165, 1.54) is 13.0 Å². The standard InChI is InChI=1S/C20H18N2O5/c1-13(20(24)25)27-18-5-3-4-14(11-18)10-15(12-21)19(23)22-16-6-8-17(26-2)9-7-16/h3-11,13H,1-2H3,(H,22,23)(H,24,25)/b15-10-. The lowest BCUT2D eigenvalue weighted by Gasteiger charge is -2.10. The van der Waals surface area contributed by atoms with Crippen LogP contribution in [0, 0.1) is 11.3 Å². The number of nitriles is 1. The van der Waals surface area contributed by atoms with Crippen LogP contribution < -0.4 is 14.8 Å². The van der Waals surface area contributed by atoms with Crippen molar-refractivity contribution < 1.29 is 24.2 Å². The van der Waals surface area contributed by atoms with Gasteiger partial charge in [0.2, 0.25) is 0 Å². The van der Waals surface area contributed by atoms with Gasteiger partial charge in [-0.2, -0.15) is 5.26 Å². The number of aliphatic carboxylic acids is 1. The Morgan fingerprint density at radius 3 is 2.48 bits per heavy atom. The maximum atomic E-state index is 12.3. The summed E-state index contributed by atoms with van der Waals surface area (Å²) in [5.74, 6) is -0.677. The minimum atomic E-state index is -1.09. The van der Waals surface area contributed by atoms with Gasteiger partial charge < -0.3 is 19.9 Å². The van der Waals surface area contributed by atoms with E-state index in [-0.39, 0.29) is 5.57 Å². The molecule has 138 valence electrons. The molecule has 0 aliphatic heterocycles. The average molecular weight is 366 g/mol. The first-order chi connectivity index (χ1) is 12.9. The van der Waals surface area contributed by atoms with Crippen molar-refractivity contribution in [3.8, 4) is 17.6 Å². The number of methoxy groups -OCH3 is 1. The van der Waals surface area contributed by atoms with Crippen molar-refractivity contribution in [2.45, 2.75) is 13.0 Å². The van der Waals surface area contributed by atoms with Gasteiger partial charge in [-0.25, -0.2) is 4.79 Å². The molecule has 0 radical (unpaired) electrons. The van der Waals surface area contributed by atoms with Gasteiger partial charge in [-0.05, 0) is 55.0 Å². The molecule has 2 rings (SSSR count). The van der Waals surface area contributed by atoms with E-state index in [4.69, 9.17) is 14.6 Å². The van der Waals surface area contributed by atoms with E-state index in [0.717, 1.165) is 0 Å². The second-order valence-corrected chi connectivity index (χ2v) is 5.52. The van der Waals surface area contributed by atoms with E-state index in [1.54, 1.807) is 55.6 Å². The van der Waals surface area contributed by atoms with Crippen molar-refractivity contribution in [3.05, 3.63) is 59.7 Å². The van der Waals surface area contributed by atoms with E-state index < -0.39 is 18.0 Å². The smallest absolute Gasteiger partial charge is 0.344 e. The number of carboxylic acid groups (broad SMARTS) is 1. The Kier molecular flexibility index (Phi) is 6.55. The highest BCUT2D eigenvalue weighted by atomic mass is 16.5. The van der Waals surface area contributed by atoms with Gasteiger partial charge in [0.05, 0.1) is 7.11 Å². The molecule has 7 nitrogen and oxygen atoms in total. The molecule has 0 heterocycles. The molecule has 0 aromatic heterocycles. The maximum Gasteiger partial charge on any atom is 0.344 e. The fourth-order valence-corrected chi connectivity index (χ4v) is 2.12. The van der Waals surface area contributed by atoms with Gasteiger partial charge in [0.15, 0.2) is 6.10 Å². The summed E-state index contributed by atoms with van der Waals surface area (Å²) in [6.45, 7) is 1.41. The van der Waals surface area contributed by atoms with E-state index in [2.05, 4.69) is 5.32 Å². The normalized spacial score (nSPS) is 11.8. The van der Waals surface area contributed by atoms with E-state index in [1.807, 2.05) is 6.07 Å². The predicted octanol–water partition coefficient (Wildman–Crippen LogP) is 3.09. The van der Waals surface area contributed by atoms with Crippen molar-refractivity contribution in [1.82, 2.24) is 0 Å². The molecule has 0 spiro atoms. The fourth-order valence-electron chi connectivity index (χ4n) is 2.12. The predicted molar refractivity (Wildman–Crippen MR) is 99.4 cm³/mol. The Bertz CT molecular complexity index is 897. The summed E-state index contributed by atoms with van der Waals surface area (Å²) in [6.07, 6.45) is 0.384. The van der Waals surface area contributed by atoms with Gasteiger partial charge in [-0.1, -0.05) is 12.1 Å². The van der Waals surface area contributed by atoms with Crippen LogP contribution >= 0.6 is 0 Å². The first-order valence-corrected chi connectivity index (χ1v) is 7.99. The Balaban J connectivity index is 2.15. The molecule has 2 aromatic carbocycles. The number of benzene rings is 2.